The third-order valence-electron chi connectivity index (χ3n) is 3.94. The monoisotopic (exact) mass is 284 g/mol. The fourth-order valence-electron chi connectivity index (χ4n) is 3.07. The summed E-state index contributed by atoms with van der Waals surface area (Å²) in [5.74, 6) is 1.08. The summed E-state index contributed by atoms with van der Waals surface area (Å²) in [6.45, 7) is 9.09. The van der Waals surface area contributed by atoms with Crippen LogP contribution in [0.1, 0.15) is 46.0 Å². The van der Waals surface area contributed by atoms with E-state index in [1.165, 1.54) is 0 Å². The van der Waals surface area contributed by atoms with Gasteiger partial charge in [-0.05, 0) is 38.9 Å². The molecule has 2 unspecified atom stereocenters. The summed E-state index contributed by atoms with van der Waals surface area (Å²) >= 11 is 0. The zero-order chi connectivity index (χ0) is 15.5. The van der Waals surface area contributed by atoms with Crippen molar-refractivity contribution in [2.24, 2.45) is 0 Å². The SMILES string of the molecule is CCNC(C)(C#N)CC(C)n1c(CC)nc2ccccc21. The topological polar surface area (TPSA) is 53.6 Å². The molecule has 4 nitrogen and oxygen atoms in total. The fourth-order valence-corrected chi connectivity index (χ4v) is 3.07. The van der Waals surface area contributed by atoms with Crippen molar-refractivity contribution >= 4 is 11.0 Å². The van der Waals surface area contributed by atoms with Gasteiger partial charge in [-0.15, -0.1) is 0 Å². The Kier molecular flexibility index (Phi) is 4.64. The lowest BCUT2D eigenvalue weighted by molar-refractivity contribution is 0.353. The summed E-state index contributed by atoms with van der Waals surface area (Å²) in [6.07, 6.45) is 1.65. The van der Waals surface area contributed by atoms with Gasteiger partial charge in [-0.1, -0.05) is 26.0 Å². The van der Waals surface area contributed by atoms with E-state index in [-0.39, 0.29) is 6.04 Å². The van der Waals surface area contributed by atoms with Crippen molar-refractivity contribution in [3.63, 3.8) is 0 Å². The standard InChI is InChI=1S/C17H24N4/c1-5-16-20-14-9-7-8-10-15(14)21(16)13(3)11-17(4,12-18)19-6-2/h7-10,13,19H,5-6,11H2,1-4H3. The number of nitriles is 1. The lowest BCUT2D eigenvalue weighted by Crippen LogP contribution is -2.42. The van der Waals surface area contributed by atoms with Crippen LogP contribution >= 0.6 is 0 Å². The summed E-state index contributed by atoms with van der Waals surface area (Å²) < 4.78 is 2.28. The minimum absolute atomic E-state index is 0.219. The van der Waals surface area contributed by atoms with Crippen LogP contribution in [0.25, 0.3) is 11.0 Å². The first-order valence-corrected chi connectivity index (χ1v) is 7.66. The van der Waals surface area contributed by atoms with Crippen molar-refractivity contribution in [1.29, 1.82) is 5.26 Å². The van der Waals surface area contributed by atoms with Gasteiger partial charge in [-0.25, -0.2) is 4.98 Å². The van der Waals surface area contributed by atoms with Crippen LogP contribution in [0.15, 0.2) is 24.3 Å². The van der Waals surface area contributed by atoms with Gasteiger partial charge in [0.2, 0.25) is 0 Å². The molecular weight excluding hydrogens is 260 g/mol. The van der Waals surface area contributed by atoms with E-state index in [4.69, 9.17) is 4.98 Å². The van der Waals surface area contributed by atoms with E-state index in [1.807, 2.05) is 32.0 Å². The number of imidazole rings is 1. The minimum Gasteiger partial charge on any atom is -0.325 e. The number of fused-ring (bicyclic) bond motifs is 1. The first kappa shape index (κ1) is 15.5. The Morgan fingerprint density at radius 3 is 2.71 bits per heavy atom. The molecule has 0 radical (unpaired) electrons. The lowest BCUT2D eigenvalue weighted by Gasteiger charge is -2.28. The largest absolute Gasteiger partial charge is 0.325 e. The average Bonchev–Trinajstić information content (AvgIpc) is 2.86. The summed E-state index contributed by atoms with van der Waals surface area (Å²) in [5.41, 5.74) is 1.67. The van der Waals surface area contributed by atoms with E-state index in [2.05, 4.69) is 35.9 Å². The average molecular weight is 284 g/mol. The Hall–Kier alpha value is -1.86. The van der Waals surface area contributed by atoms with Crippen molar-refractivity contribution in [2.75, 3.05) is 6.54 Å². The highest BCUT2D eigenvalue weighted by molar-refractivity contribution is 5.76. The van der Waals surface area contributed by atoms with E-state index in [1.54, 1.807) is 0 Å². The van der Waals surface area contributed by atoms with Gasteiger partial charge in [0.15, 0.2) is 0 Å². The molecule has 2 rings (SSSR count). The van der Waals surface area contributed by atoms with Gasteiger partial charge in [-0.2, -0.15) is 5.26 Å². The van der Waals surface area contributed by atoms with Gasteiger partial charge in [0.25, 0.3) is 0 Å². The molecule has 0 bridgehead atoms. The van der Waals surface area contributed by atoms with Crippen LogP contribution in [0.2, 0.25) is 0 Å². The molecule has 0 aliphatic heterocycles. The second-order valence-electron chi connectivity index (χ2n) is 5.77. The van der Waals surface area contributed by atoms with Gasteiger partial charge in [0, 0.05) is 12.5 Å². The number of rotatable bonds is 6. The maximum atomic E-state index is 9.47. The molecule has 1 aromatic carbocycles. The summed E-state index contributed by atoms with van der Waals surface area (Å²) in [4.78, 5) is 4.71. The van der Waals surface area contributed by atoms with Gasteiger partial charge in [0.05, 0.1) is 17.1 Å². The van der Waals surface area contributed by atoms with Gasteiger partial charge in [0.1, 0.15) is 11.4 Å². The van der Waals surface area contributed by atoms with E-state index >= 15 is 0 Å². The molecular formula is C17H24N4. The quantitative estimate of drug-likeness (QED) is 0.884. The number of aryl methyl sites for hydroxylation is 1. The van der Waals surface area contributed by atoms with Crippen LogP contribution in [0.5, 0.6) is 0 Å². The molecule has 0 spiro atoms. The molecule has 0 aliphatic carbocycles. The third-order valence-corrected chi connectivity index (χ3v) is 3.94. The van der Waals surface area contributed by atoms with E-state index in [0.717, 1.165) is 36.2 Å². The predicted molar refractivity (Wildman–Crippen MR) is 86.1 cm³/mol. The smallest absolute Gasteiger partial charge is 0.109 e. The van der Waals surface area contributed by atoms with Crippen LogP contribution in [-0.2, 0) is 6.42 Å². The Labute approximate surface area is 126 Å². The first-order chi connectivity index (χ1) is 10.0. The normalized spacial score (nSPS) is 15.6. The van der Waals surface area contributed by atoms with Crippen molar-refractivity contribution in [3.8, 4) is 6.07 Å². The second kappa shape index (κ2) is 6.28. The Morgan fingerprint density at radius 1 is 1.38 bits per heavy atom. The van der Waals surface area contributed by atoms with Crippen LogP contribution in [0, 0.1) is 11.3 Å². The van der Waals surface area contributed by atoms with Gasteiger partial charge in [-0.3, -0.25) is 5.32 Å². The highest BCUT2D eigenvalue weighted by Gasteiger charge is 2.27. The molecule has 2 aromatic rings. The van der Waals surface area contributed by atoms with Crippen molar-refractivity contribution in [2.45, 2.75) is 52.1 Å². The summed E-state index contributed by atoms with van der Waals surface area (Å²) in [5, 5.41) is 12.8. The second-order valence-corrected chi connectivity index (χ2v) is 5.77. The van der Waals surface area contributed by atoms with Crippen LogP contribution < -0.4 is 5.32 Å². The highest BCUT2D eigenvalue weighted by atomic mass is 15.1. The number of nitrogens with one attached hydrogen (secondary N) is 1. The van der Waals surface area contributed by atoms with Crippen molar-refractivity contribution in [1.82, 2.24) is 14.9 Å². The Morgan fingerprint density at radius 2 is 2.10 bits per heavy atom. The maximum absolute atomic E-state index is 9.47. The predicted octanol–water partition coefficient (Wildman–Crippen LogP) is 3.44. The first-order valence-electron chi connectivity index (χ1n) is 7.66. The number of nitrogens with zero attached hydrogens (tertiary/aromatic N) is 3. The zero-order valence-corrected chi connectivity index (χ0v) is 13.3. The van der Waals surface area contributed by atoms with Crippen molar-refractivity contribution in [3.05, 3.63) is 30.1 Å². The van der Waals surface area contributed by atoms with E-state index < -0.39 is 5.54 Å². The number of benzene rings is 1. The Bertz CT molecular complexity index is 652. The van der Waals surface area contributed by atoms with Gasteiger partial charge >= 0.3 is 0 Å². The van der Waals surface area contributed by atoms with E-state index in [9.17, 15) is 5.26 Å². The van der Waals surface area contributed by atoms with Crippen LogP contribution in [0.3, 0.4) is 0 Å². The molecule has 1 N–H and O–H groups in total. The molecule has 0 aliphatic rings. The summed E-state index contributed by atoms with van der Waals surface area (Å²) in [7, 11) is 0. The maximum Gasteiger partial charge on any atom is 0.109 e. The molecule has 2 atom stereocenters. The molecule has 0 saturated carbocycles. The molecule has 0 amide bonds. The van der Waals surface area contributed by atoms with Gasteiger partial charge < -0.3 is 4.57 Å². The van der Waals surface area contributed by atoms with Crippen molar-refractivity contribution < 1.29 is 0 Å². The third kappa shape index (κ3) is 3.08. The number of para-hydroxylation sites is 2. The Balaban J connectivity index is 2.39. The number of hydrogen-bond acceptors (Lipinski definition) is 3. The molecule has 1 heterocycles. The fraction of sp³-hybridized carbons (Fsp3) is 0.529. The van der Waals surface area contributed by atoms with Crippen LogP contribution in [-0.4, -0.2) is 21.6 Å². The van der Waals surface area contributed by atoms with Crippen LogP contribution in [0.4, 0.5) is 0 Å². The minimum atomic E-state index is -0.509. The molecule has 112 valence electrons. The lowest BCUT2D eigenvalue weighted by atomic mass is 9.95. The molecule has 0 saturated heterocycles. The highest BCUT2D eigenvalue weighted by Crippen LogP contribution is 2.27. The molecule has 0 fully saturated rings. The summed E-state index contributed by atoms with van der Waals surface area (Å²) in [6, 6.07) is 10.8. The number of hydrogen-bond donors (Lipinski definition) is 1. The number of aromatic nitrogens is 2. The van der Waals surface area contributed by atoms with E-state index in [0.29, 0.717) is 0 Å². The molecule has 21 heavy (non-hydrogen) atoms. The zero-order valence-electron chi connectivity index (χ0n) is 13.3. The molecule has 1 aromatic heterocycles. The molecule has 4 heteroatoms.